The highest BCUT2D eigenvalue weighted by Crippen LogP contribution is 2.30. The second-order valence-corrected chi connectivity index (χ2v) is 7.79. The van der Waals surface area contributed by atoms with Gasteiger partial charge in [-0.3, -0.25) is 9.59 Å². The van der Waals surface area contributed by atoms with Gasteiger partial charge in [-0.2, -0.15) is 0 Å². The molecular weight excluding hydrogens is 355 g/mol. The van der Waals surface area contributed by atoms with Gasteiger partial charge in [-0.25, -0.2) is 4.39 Å². The first-order valence-electron chi connectivity index (χ1n) is 10.0. The van der Waals surface area contributed by atoms with E-state index in [2.05, 4.69) is 5.32 Å². The molecule has 2 aromatic carbocycles. The van der Waals surface area contributed by atoms with E-state index in [0.717, 1.165) is 19.4 Å². The molecule has 0 spiro atoms. The summed E-state index contributed by atoms with van der Waals surface area (Å²) in [6.45, 7) is 1.18. The summed E-state index contributed by atoms with van der Waals surface area (Å²) >= 11 is 0. The SMILES string of the molecule is O=C(NC[C@@H]1CC(=O)N(C2CCCC2)C1)c1ccccc1-c1ccccc1F. The topological polar surface area (TPSA) is 49.4 Å². The smallest absolute Gasteiger partial charge is 0.251 e. The van der Waals surface area contributed by atoms with E-state index in [1.807, 2.05) is 4.90 Å². The Morgan fingerprint density at radius 3 is 2.46 bits per heavy atom. The molecule has 4 nitrogen and oxygen atoms in total. The third kappa shape index (κ3) is 3.79. The number of nitrogens with zero attached hydrogens (tertiary/aromatic N) is 1. The number of rotatable bonds is 5. The molecule has 1 aliphatic heterocycles. The van der Waals surface area contributed by atoms with Crippen LogP contribution in [0.1, 0.15) is 42.5 Å². The van der Waals surface area contributed by atoms with Crippen LogP contribution in [0, 0.1) is 11.7 Å². The van der Waals surface area contributed by atoms with E-state index in [4.69, 9.17) is 0 Å². The van der Waals surface area contributed by atoms with Crippen molar-refractivity contribution in [1.82, 2.24) is 10.2 Å². The first kappa shape index (κ1) is 18.7. The van der Waals surface area contributed by atoms with Crippen molar-refractivity contribution in [3.8, 4) is 11.1 Å². The van der Waals surface area contributed by atoms with Crippen LogP contribution < -0.4 is 5.32 Å². The van der Waals surface area contributed by atoms with E-state index < -0.39 is 0 Å². The summed E-state index contributed by atoms with van der Waals surface area (Å²) < 4.78 is 14.2. The Kier molecular flexibility index (Phi) is 5.42. The molecule has 1 atom stereocenters. The third-order valence-electron chi connectivity index (χ3n) is 5.89. The van der Waals surface area contributed by atoms with Crippen LogP contribution in [-0.4, -0.2) is 35.8 Å². The Morgan fingerprint density at radius 1 is 1.04 bits per heavy atom. The predicted molar refractivity (Wildman–Crippen MR) is 106 cm³/mol. The van der Waals surface area contributed by atoms with E-state index in [0.29, 0.717) is 35.7 Å². The zero-order valence-corrected chi connectivity index (χ0v) is 15.9. The van der Waals surface area contributed by atoms with Gasteiger partial charge in [-0.05, 0) is 30.5 Å². The van der Waals surface area contributed by atoms with Crippen molar-refractivity contribution in [3.05, 3.63) is 59.9 Å². The van der Waals surface area contributed by atoms with Crippen LogP contribution in [-0.2, 0) is 4.79 Å². The van der Waals surface area contributed by atoms with Crippen LogP contribution in [0.15, 0.2) is 48.5 Å². The average molecular weight is 380 g/mol. The molecule has 2 fully saturated rings. The number of hydrogen-bond donors (Lipinski definition) is 1. The Hall–Kier alpha value is -2.69. The van der Waals surface area contributed by atoms with Gasteiger partial charge in [-0.15, -0.1) is 0 Å². The largest absolute Gasteiger partial charge is 0.352 e. The fourth-order valence-corrected chi connectivity index (χ4v) is 4.44. The Morgan fingerprint density at radius 2 is 1.71 bits per heavy atom. The monoisotopic (exact) mass is 380 g/mol. The molecule has 2 aliphatic rings. The number of benzene rings is 2. The lowest BCUT2D eigenvalue weighted by Crippen LogP contribution is -2.36. The summed E-state index contributed by atoms with van der Waals surface area (Å²) in [6.07, 6.45) is 5.08. The normalized spacial score (nSPS) is 20.0. The maximum Gasteiger partial charge on any atom is 0.251 e. The van der Waals surface area contributed by atoms with Crippen LogP contribution in [0.25, 0.3) is 11.1 Å². The number of hydrogen-bond acceptors (Lipinski definition) is 2. The minimum Gasteiger partial charge on any atom is -0.352 e. The lowest BCUT2D eigenvalue weighted by Gasteiger charge is -2.24. The van der Waals surface area contributed by atoms with E-state index >= 15 is 0 Å². The molecule has 0 unspecified atom stereocenters. The Bertz CT molecular complexity index is 876. The predicted octanol–water partition coefficient (Wildman–Crippen LogP) is 4.01. The number of likely N-dealkylation sites (tertiary alicyclic amines) is 1. The van der Waals surface area contributed by atoms with Gasteiger partial charge in [0, 0.05) is 42.6 Å². The van der Waals surface area contributed by atoms with Crippen LogP contribution in [0.3, 0.4) is 0 Å². The van der Waals surface area contributed by atoms with Crippen molar-refractivity contribution in [2.75, 3.05) is 13.1 Å². The second kappa shape index (κ2) is 8.13. The maximum atomic E-state index is 14.2. The summed E-state index contributed by atoms with van der Waals surface area (Å²) in [6, 6.07) is 13.9. The first-order valence-corrected chi connectivity index (χ1v) is 10.0. The van der Waals surface area contributed by atoms with Gasteiger partial charge in [0.15, 0.2) is 0 Å². The van der Waals surface area contributed by atoms with Crippen LogP contribution in [0.2, 0.25) is 0 Å². The molecule has 1 heterocycles. The van der Waals surface area contributed by atoms with Gasteiger partial charge in [0.25, 0.3) is 5.91 Å². The van der Waals surface area contributed by atoms with Gasteiger partial charge in [0.05, 0.1) is 0 Å². The van der Waals surface area contributed by atoms with Gasteiger partial charge in [0.1, 0.15) is 5.82 Å². The number of carbonyl (C=O) groups is 2. The zero-order valence-electron chi connectivity index (χ0n) is 15.9. The van der Waals surface area contributed by atoms with E-state index in [1.165, 1.54) is 18.9 Å². The molecule has 1 saturated heterocycles. The molecule has 5 heteroatoms. The number of carbonyl (C=O) groups excluding carboxylic acids is 2. The van der Waals surface area contributed by atoms with Gasteiger partial charge in [0.2, 0.25) is 5.91 Å². The molecule has 28 heavy (non-hydrogen) atoms. The number of halogens is 1. The van der Waals surface area contributed by atoms with E-state index in [-0.39, 0.29) is 23.5 Å². The van der Waals surface area contributed by atoms with Crippen molar-refractivity contribution < 1.29 is 14.0 Å². The Labute approximate surface area is 164 Å². The molecular formula is C23H25FN2O2. The van der Waals surface area contributed by atoms with Crippen LogP contribution >= 0.6 is 0 Å². The van der Waals surface area contributed by atoms with Gasteiger partial charge < -0.3 is 10.2 Å². The number of amides is 2. The van der Waals surface area contributed by atoms with Crippen molar-refractivity contribution in [2.24, 2.45) is 5.92 Å². The van der Waals surface area contributed by atoms with Gasteiger partial charge >= 0.3 is 0 Å². The first-order chi connectivity index (χ1) is 13.6. The van der Waals surface area contributed by atoms with Crippen molar-refractivity contribution in [2.45, 2.75) is 38.1 Å². The summed E-state index contributed by atoms with van der Waals surface area (Å²) in [5.41, 5.74) is 1.44. The lowest BCUT2D eigenvalue weighted by atomic mass is 9.98. The molecule has 1 saturated carbocycles. The summed E-state index contributed by atoms with van der Waals surface area (Å²) in [5.74, 6) is -0.238. The zero-order chi connectivity index (χ0) is 19.5. The number of nitrogens with one attached hydrogen (secondary N) is 1. The molecule has 2 aromatic rings. The quantitative estimate of drug-likeness (QED) is 0.852. The van der Waals surface area contributed by atoms with Crippen LogP contribution in [0.5, 0.6) is 0 Å². The molecule has 0 aromatic heterocycles. The summed E-state index contributed by atoms with van der Waals surface area (Å²) in [7, 11) is 0. The van der Waals surface area contributed by atoms with E-state index in [1.54, 1.807) is 42.5 Å². The average Bonchev–Trinajstić information content (AvgIpc) is 3.36. The summed E-state index contributed by atoms with van der Waals surface area (Å²) in [5, 5.41) is 2.96. The summed E-state index contributed by atoms with van der Waals surface area (Å²) in [4.78, 5) is 27.1. The van der Waals surface area contributed by atoms with Crippen molar-refractivity contribution in [3.63, 3.8) is 0 Å². The highest BCUT2D eigenvalue weighted by molar-refractivity contribution is 6.01. The third-order valence-corrected chi connectivity index (χ3v) is 5.89. The molecule has 146 valence electrons. The fourth-order valence-electron chi connectivity index (χ4n) is 4.44. The fraction of sp³-hybridized carbons (Fsp3) is 0.391. The Balaban J connectivity index is 1.43. The maximum absolute atomic E-state index is 14.2. The minimum atomic E-state index is -0.351. The van der Waals surface area contributed by atoms with Crippen molar-refractivity contribution >= 4 is 11.8 Å². The molecule has 4 rings (SSSR count). The highest BCUT2D eigenvalue weighted by Gasteiger charge is 2.35. The van der Waals surface area contributed by atoms with Crippen molar-refractivity contribution in [1.29, 1.82) is 0 Å². The standard InChI is InChI=1S/C23H25FN2O2/c24-21-12-6-5-10-19(21)18-9-3-4-11-20(18)23(28)25-14-16-13-22(27)26(15-16)17-7-1-2-8-17/h3-6,9-12,16-17H,1-2,7-8,13-15H2,(H,25,28)/t16-/m0/s1. The van der Waals surface area contributed by atoms with Gasteiger partial charge in [-0.1, -0.05) is 49.2 Å². The molecule has 0 radical (unpaired) electrons. The molecule has 1 N–H and O–H groups in total. The highest BCUT2D eigenvalue weighted by atomic mass is 19.1. The molecule has 2 amide bonds. The lowest BCUT2D eigenvalue weighted by molar-refractivity contribution is -0.129. The van der Waals surface area contributed by atoms with E-state index in [9.17, 15) is 14.0 Å². The molecule has 1 aliphatic carbocycles. The minimum absolute atomic E-state index is 0.137. The second-order valence-electron chi connectivity index (χ2n) is 7.79. The van der Waals surface area contributed by atoms with Crippen LogP contribution in [0.4, 0.5) is 4.39 Å². The molecule has 0 bridgehead atoms.